The molecular formula is C20H30N4O9. The monoisotopic (exact) mass is 470 g/mol. The van der Waals surface area contributed by atoms with Gasteiger partial charge in [0.2, 0.25) is 5.88 Å². The van der Waals surface area contributed by atoms with E-state index in [1.165, 1.54) is 29.6 Å². The van der Waals surface area contributed by atoms with Crippen LogP contribution in [0.4, 0.5) is 0 Å². The van der Waals surface area contributed by atoms with Gasteiger partial charge in [-0.25, -0.2) is 9.98 Å². The molecule has 0 amide bonds. The first-order chi connectivity index (χ1) is 15.7. The molecule has 0 aliphatic carbocycles. The van der Waals surface area contributed by atoms with Gasteiger partial charge in [-0.2, -0.15) is 0 Å². The number of imidazole rings is 1. The molecule has 0 spiro atoms. The number of hydrogen-bond donors (Lipinski definition) is 3. The number of rotatable bonds is 12. The fourth-order valence-electron chi connectivity index (χ4n) is 3.37. The van der Waals surface area contributed by atoms with E-state index in [-0.39, 0.29) is 55.5 Å². The number of carbonyl (C=O) groups excluding carboxylic acids is 2. The number of Topliss-reactive ketones (excluding diaryl/α,β-unsaturated/α-hetero) is 2. The normalized spacial score (nSPS) is 24.8. The molecule has 13 nitrogen and oxygen atoms in total. The van der Waals surface area contributed by atoms with Crippen molar-refractivity contribution in [3.63, 3.8) is 0 Å². The van der Waals surface area contributed by atoms with Crippen LogP contribution in [0.25, 0.3) is 5.88 Å². The minimum atomic E-state index is -1.31. The molecule has 1 saturated heterocycles. The second-order valence-corrected chi connectivity index (χ2v) is 7.92. The number of nitrogens with zero attached hydrogens (tertiary/aromatic N) is 4. The average Bonchev–Trinajstić information content (AvgIpc) is 3.31. The summed E-state index contributed by atoms with van der Waals surface area (Å²) in [5.74, 6) is -0.244. The second kappa shape index (κ2) is 11.1. The van der Waals surface area contributed by atoms with Crippen LogP contribution in [0.1, 0.15) is 32.9 Å². The Morgan fingerprint density at radius 1 is 1.24 bits per heavy atom. The highest BCUT2D eigenvalue weighted by molar-refractivity contribution is 5.75. The Morgan fingerprint density at radius 2 is 1.88 bits per heavy atom. The van der Waals surface area contributed by atoms with Crippen molar-refractivity contribution in [2.24, 2.45) is 4.99 Å². The molecule has 3 heterocycles. The Balaban J connectivity index is 1.85. The molecule has 0 bridgehead atoms. The molecule has 2 aliphatic rings. The summed E-state index contributed by atoms with van der Waals surface area (Å²) in [6.45, 7) is 1.23. The molecule has 1 aromatic heterocycles. The van der Waals surface area contributed by atoms with Gasteiger partial charge in [0, 0.05) is 19.9 Å². The molecular weight excluding hydrogens is 440 g/mol. The summed E-state index contributed by atoms with van der Waals surface area (Å²) >= 11 is 0. The third kappa shape index (κ3) is 5.93. The number of aromatic nitrogens is 2. The van der Waals surface area contributed by atoms with Crippen LogP contribution in [-0.4, -0.2) is 99.7 Å². The van der Waals surface area contributed by atoms with Crippen LogP contribution in [0.3, 0.4) is 0 Å². The minimum absolute atomic E-state index is 0.00279. The fraction of sp³-hybridized carbons (Fsp3) is 0.700. The van der Waals surface area contributed by atoms with Crippen molar-refractivity contribution in [2.45, 2.75) is 57.7 Å². The van der Waals surface area contributed by atoms with Gasteiger partial charge in [0.1, 0.15) is 36.5 Å². The van der Waals surface area contributed by atoms with Crippen molar-refractivity contribution in [1.82, 2.24) is 14.5 Å². The number of carbonyl (C=O) groups is 2. The fourth-order valence-corrected chi connectivity index (χ4v) is 3.37. The molecule has 3 rings (SSSR count). The lowest BCUT2D eigenvalue weighted by molar-refractivity contribution is -0.317. The maximum Gasteiger partial charge on any atom is 0.272 e. The van der Waals surface area contributed by atoms with Gasteiger partial charge in [-0.05, 0) is 13.8 Å². The maximum absolute atomic E-state index is 11.3. The van der Waals surface area contributed by atoms with Crippen molar-refractivity contribution in [3.8, 4) is 0 Å². The van der Waals surface area contributed by atoms with Gasteiger partial charge >= 0.3 is 0 Å². The molecule has 13 heteroatoms. The van der Waals surface area contributed by atoms with E-state index in [9.17, 15) is 24.9 Å². The van der Waals surface area contributed by atoms with Crippen LogP contribution in [-0.2, 0) is 28.5 Å². The molecule has 3 N–H and O–H groups in total. The van der Waals surface area contributed by atoms with E-state index in [1.54, 1.807) is 7.05 Å². The van der Waals surface area contributed by atoms with Gasteiger partial charge in [0.25, 0.3) is 6.48 Å². The predicted molar refractivity (Wildman–Crippen MR) is 110 cm³/mol. The highest BCUT2D eigenvalue weighted by Crippen LogP contribution is 2.32. The van der Waals surface area contributed by atoms with Gasteiger partial charge in [0.05, 0.1) is 26.1 Å². The summed E-state index contributed by atoms with van der Waals surface area (Å²) in [7, 11) is 1.66. The number of aliphatic hydroxyl groups is 3. The van der Waals surface area contributed by atoms with Crippen molar-refractivity contribution in [3.05, 3.63) is 17.2 Å². The van der Waals surface area contributed by atoms with E-state index in [4.69, 9.17) is 18.9 Å². The first kappa shape index (κ1) is 25.2. The molecule has 0 radical (unpaired) electrons. The lowest BCUT2D eigenvalue weighted by Gasteiger charge is -2.27. The Hall–Kier alpha value is -2.42. The largest absolute Gasteiger partial charge is 0.493 e. The van der Waals surface area contributed by atoms with Crippen molar-refractivity contribution < 1.29 is 43.9 Å². The Labute approximate surface area is 189 Å². The topological polar surface area (TPSA) is 165 Å². The van der Waals surface area contributed by atoms with Crippen LogP contribution in [0.15, 0.2) is 11.3 Å². The third-order valence-corrected chi connectivity index (χ3v) is 5.22. The standard InChI is InChI=1S/C20H30N4O9/c1-11(26)4-6-30-20(31-7-5-12(2)27)33-16-15(28)13(8-25)32-19(16)24-10-21-14-17(24)22-9-23(3)18(14)29/h10,13,15-16,19-20,25,28-29H,4-9H2,1-3H3/t13-,15-,16-,19-/m1/s1. The zero-order chi connectivity index (χ0) is 24.1. The van der Waals surface area contributed by atoms with E-state index >= 15 is 0 Å². The third-order valence-electron chi connectivity index (χ3n) is 5.22. The van der Waals surface area contributed by atoms with Gasteiger partial charge in [-0.3, -0.25) is 14.2 Å². The summed E-state index contributed by atoms with van der Waals surface area (Å²) in [5.41, 5.74) is 0.321. The molecule has 0 aromatic carbocycles. The highest BCUT2D eigenvalue weighted by atomic mass is 16.9. The lowest BCUT2D eigenvalue weighted by atomic mass is 10.1. The van der Waals surface area contributed by atoms with E-state index < -0.39 is 37.6 Å². The van der Waals surface area contributed by atoms with Crippen molar-refractivity contribution in [1.29, 1.82) is 0 Å². The summed E-state index contributed by atoms with van der Waals surface area (Å²) < 4.78 is 24.2. The predicted octanol–water partition coefficient (Wildman–Crippen LogP) is -2.06. The maximum atomic E-state index is 11.3. The molecule has 4 atom stereocenters. The summed E-state index contributed by atoms with van der Waals surface area (Å²) in [5, 5.41) is 30.9. The SMILES string of the molecule is CC(=O)CCOC(OCCC(C)=O)O[C@@H]1[C@H](O)[C@@H](CO)O[C@H]1n1cnc2c1=NCN(C)C=2O. The van der Waals surface area contributed by atoms with Crippen LogP contribution >= 0.6 is 0 Å². The Bertz CT molecular complexity index is 945. The zero-order valence-corrected chi connectivity index (χ0v) is 18.8. The Morgan fingerprint density at radius 3 is 2.45 bits per heavy atom. The van der Waals surface area contributed by atoms with E-state index in [0.29, 0.717) is 5.49 Å². The highest BCUT2D eigenvalue weighted by Gasteiger charge is 2.47. The summed E-state index contributed by atoms with van der Waals surface area (Å²) in [4.78, 5) is 32.6. The lowest BCUT2D eigenvalue weighted by Crippen LogP contribution is -2.45. The number of hydrogen-bond acceptors (Lipinski definition) is 12. The van der Waals surface area contributed by atoms with Crippen LogP contribution in [0, 0.1) is 0 Å². The van der Waals surface area contributed by atoms with Crippen LogP contribution in [0.5, 0.6) is 0 Å². The molecule has 0 unspecified atom stereocenters. The van der Waals surface area contributed by atoms with Gasteiger partial charge in [0.15, 0.2) is 17.1 Å². The number of fused-ring (bicyclic) bond motifs is 1. The van der Waals surface area contributed by atoms with E-state index in [1.807, 2.05) is 0 Å². The van der Waals surface area contributed by atoms with Crippen LogP contribution in [0.2, 0.25) is 0 Å². The number of ether oxygens (including phenoxy) is 4. The molecule has 1 aromatic rings. The van der Waals surface area contributed by atoms with Crippen molar-refractivity contribution in [2.75, 3.05) is 33.5 Å². The Kier molecular flexibility index (Phi) is 8.51. The first-order valence-corrected chi connectivity index (χ1v) is 10.6. The van der Waals surface area contributed by atoms with Gasteiger partial charge < -0.3 is 39.2 Å². The van der Waals surface area contributed by atoms with Gasteiger partial charge in [-0.15, -0.1) is 0 Å². The van der Waals surface area contributed by atoms with Gasteiger partial charge in [-0.1, -0.05) is 0 Å². The molecule has 184 valence electrons. The summed E-state index contributed by atoms with van der Waals surface area (Å²) in [6.07, 6.45) is -2.67. The first-order valence-electron chi connectivity index (χ1n) is 10.6. The molecule has 2 aliphatic heterocycles. The minimum Gasteiger partial charge on any atom is -0.493 e. The van der Waals surface area contributed by atoms with E-state index in [2.05, 4.69) is 9.98 Å². The second-order valence-electron chi connectivity index (χ2n) is 7.92. The molecule has 1 fully saturated rings. The average molecular weight is 470 g/mol. The smallest absolute Gasteiger partial charge is 0.272 e. The van der Waals surface area contributed by atoms with Crippen LogP contribution < -0.4 is 10.8 Å². The van der Waals surface area contributed by atoms with E-state index in [0.717, 1.165) is 0 Å². The number of aliphatic hydroxyl groups excluding tert-OH is 3. The van der Waals surface area contributed by atoms with Crippen molar-refractivity contribution >= 4 is 17.4 Å². The zero-order valence-electron chi connectivity index (χ0n) is 18.8. The number of ketones is 2. The quantitative estimate of drug-likeness (QED) is 0.288. The molecule has 0 saturated carbocycles. The molecule has 33 heavy (non-hydrogen) atoms. The summed E-state index contributed by atoms with van der Waals surface area (Å²) in [6, 6.07) is 0.